The molecule has 7 heteroatoms. The van der Waals surface area contributed by atoms with Gasteiger partial charge in [-0.2, -0.15) is 5.10 Å². The molecule has 0 spiro atoms. The lowest BCUT2D eigenvalue weighted by Gasteiger charge is -2.14. The van der Waals surface area contributed by atoms with Crippen LogP contribution >= 0.6 is 0 Å². The van der Waals surface area contributed by atoms with Gasteiger partial charge in [0.25, 0.3) is 0 Å². The van der Waals surface area contributed by atoms with Crippen molar-refractivity contribution in [2.24, 2.45) is 7.05 Å². The van der Waals surface area contributed by atoms with Crippen molar-refractivity contribution >= 4 is 24.3 Å². The first-order valence-electron chi connectivity index (χ1n) is 10.5. The lowest BCUT2D eigenvalue weighted by atomic mass is 10.1. The van der Waals surface area contributed by atoms with Gasteiger partial charge in [0, 0.05) is 37.3 Å². The Kier molecular flexibility index (Phi) is 6.90. The van der Waals surface area contributed by atoms with Gasteiger partial charge in [-0.05, 0) is 54.6 Å². The van der Waals surface area contributed by atoms with Gasteiger partial charge in [0.2, 0.25) is 0 Å². The van der Waals surface area contributed by atoms with E-state index < -0.39 is 0 Å². The Labute approximate surface area is 193 Å². The van der Waals surface area contributed by atoms with Gasteiger partial charge in [-0.1, -0.05) is 6.07 Å². The minimum Gasteiger partial charge on any atom is -0.496 e. The van der Waals surface area contributed by atoms with Crippen LogP contribution in [0.5, 0.6) is 17.2 Å². The zero-order valence-corrected chi connectivity index (χ0v) is 18.9. The Morgan fingerprint density at radius 2 is 1.76 bits per heavy atom. The van der Waals surface area contributed by atoms with E-state index in [9.17, 15) is 0 Å². The van der Waals surface area contributed by atoms with Crippen molar-refractivity contribution in [3.05, 3.63) is 89.3 Å². The first-order chi connectivity index (χ1) is 16.2. The van der Waals surface area contributed by atoms with Gasteiger partial charge in [0.1, 0.15) is 23.9 Å². The van der Waals surface area contributed by atoms with Gasteiger partial charge in [0.15, 0.2) is 0 Å². The first-order valence-corrected chi connectivity index (χ1v) is 10.5. The van der Waals surface area contributed by atoms with Crippen molar-refractivity contribution in [3.8, 4) is 17.2 Å². The highest BCUT2D eigenvalue weighted by Gasteiger charge is 2.12. The maximum atomic E-state index is 5.89. The number of H-pyrrole nitrogens is 1. The largest absolute Gasteiger partial charge is 0.496 e. The minimum atomic E-state index is 0.356. The van der Waals surface area contributed by atoms with Gasteiger partial charge in [-0.15, -0.1) is 0 Å². The molecule has 168 valence electrons. The number of aryl methyl sites for hydroxylation is 1. The molecule has 0 bridgehead atoms. The number of methoxy groups -OCH3 is 2. The Bertz CT molecular complexity index is 1230. The summed E-state index contributed by atoms with van der Waals surface area (Å²) in [4.78, 5) is 4.28. The number of benzene rings is 1. The molecular formula is C26H26N4O3. The fraction of sp³-hybridized carbons (Fsp3) is 0.154. The summed E-state index contributed by atoms with van der Waals surface area (Å²) in [5, 5.41) is 7.40. The van der Waals surface area contributed by atoms with Gasteiger partial charge >= 0.3 is 0 Å². The van der Waals surface area contributed by atoms with E-state index in [1.54, 1.807) is 20.4 Å². The van der Waals surface area contributed by atoms with Gasteiger partial charge in [0.05, 0.1) is 36.9 Å². The van der Waals surface area contributed by atoms with E-state index in [-0.39, 0.29) is 0 Å². The molecular weight excluding hydrogens is 416 g/mol. The van der Waals surface area contributed by atoms with Crippen LogP contribution in [0.25, 0.3) is 24.3 Å². The number of rotatable bonds is 9. The number of hydrogen-bond acceptors (Lipinski definition) is 5. The van der Waals surface area contributed by atoms with E-state index in [0.29, 0.717) is 23.9 Å². The smallest absolute Gasteiger partial charge is 0.133 e. The zero-order chi connectivity index (χ0) is 23.0. The monoisotopic (exact) mass is 442 g/mol. The third kappa shape index (κ3) is 5.51. The Balaban J connectivity index is 1.50. The van der Waals surface area contributed by atoms with Crippen molar-refractivity contribution in [1.29, 1.82) is 0 Å². The summed E-state index contributed by atoms with van der Waals surface area (Å²) in [5.74, 6) is 1.92. The van der Waals surface area contributed by atoms with Crippen molar-refractivity contribution in [3.63, 3.8) is 0 Å². The second kappa shape index (κ2) is 10.4. The summed E-state index contributed by atoms with van der Waals surface area (Å²) in [6.45, 7) is 0.356. The molecule has 3 aromatic heterocycles. The van der Waals surface area contributed by atoms with Crippen LogP contribution in [0, 0.1) is 0 Å². The highest BCUT2D eigenvalue weighted by molar-refractivity contribution is 5.77. The topological polar surface area (TPSA) is 74.2 Å². The molecule has 1 N–H and O–H groups in total. The van der Waals surface area contributed by atoms with E-state index in [4.69, 9.17) is 14.2 Å². The molecule has 0 fully saturated rings. The van der Waals surface area contributed by atoms with Crippen LogP contribution in [-0.4, -0.2) is 34.0 Å². The number of aromatic nitrogens is 4. The van der Waals surface area contributed by atoms with Gasteiger partial charge in [-0.3, -0.25) is 10.1 Å². The van der Waals surface area contributed by atoms with Crippen LogP contribution in [0.1, 0.15) is 28.3 Å². The summed E-state index contributed by atoms with van der Waals surface area (Å²) in [6.07, 6.45) is 11.6. The molecule has 3 heterocycles. The van der Waals surface area contributed by atoms with Crippen molar-refractivity contribution in [1.82, 2.24) is 19.7 Å². The number of nitrogens with one attached hydrogen (secondary N) is 1. The van der Waals surface area contributed by atoms with Crippen LogP contribution in [-0.2, 0) is 13.7 Å². The molecule has 0 saturated heterocycles. The van der Waals surface area contributed by atoms with Gasteiger partial charge in [-0.25, -0.2) is 0 Å². The summed E-state index contributed by atoms with van der Waals surface area (Å²) >= 11 is 0. The maximum absolute atomic E-state index is 5.89. The number of nitrogens with zero attached hydrogens (tertiary/aromatic N) is 3. The highest BCUT2D eigenvalue weighted by Crippen LogP contribution is 2.35. The molecule has 1 aromatic carbocycles. The van der Waals surface area contributed by atoms with E-state index >= 15 is 0 Å². The number of hydrogen-bond donors (Lipinski definition) is 1. The van der Waals surface area contributed by atoms with E-state index in [2.05, 4.69) is 25.8 Å². The van der Waals surface area contributed by atoms with Crippen LogP contribution < -0.4 is 14.2 Å². The Morgan fingerprint density at radius 3 is 2.42 bits per heavy atom. The third-order valence-corrected chi connectivity index (χ3v) is 5.09. The lowest BCUT2D eigenvalue weighted by Crippen LogP contribution is -2.00. The second-order valence-electron chi connectivity index (χ2n) is 7.31. The number of aromatic amines is 1. The summed E-state index contributed by atoms with van der Waals surface area (Å²) < 4.78 is 19.1. The molecule has 0 unspecified atom stereocenters. The van der Waals surface area contributed by atoms with E-state index in [1.165, 1.54) is 0 Å². The molecule has 0 atom stereocenters. The summed E-state index contributed by atoms with van der Waals surface area (Å²) in [5.41, 5.74) is 4.46. The summed E-state index contributed by atoms with van der Waals surface area (Å²) in [6, 6.07) is 15.4. The standard InChI is InChI=1S/C26H26N4O3/c1-30-14-6-8-22(30)11-9-19-15-20(29-28-19)10-12-24-25(31-2)16-23(17-26(24)32-3)33-18-21-7-4-5-13-27-21/h4-17H,18H2,1-3H3,(H,28,29)/b11-9+,12-10+. The summed E-state index contributed by atoms with van der Waals surface area (Å²) in [7, 11) is 5.25. The van der Waals surface area contributed by atoms with Crippen molar-refractivity contribution in [2.45, 2.75) is 6.61 Å². The lowest BCUT2D eigenvalue weighted by molar-refractivity contribution is 0.296. The fourth-order valence-corrected chi connectivity index (χ4v) is 3.32. The van der Waals surface area contributed by atoms with Crippen LogP contribution in [0.4, 0.5) is 0 Å². The second-order valence-corrected chi connectivity index (χ2v) is 7.31. The molecule has 7 nitrogen and oxygen atoms in total. The average Bonchev–Trinajstić information content (AvgIpc) is 3.48. The normalized spacial score (nSPS) is 11.4. The highest BCUT2D eigenvalue weighted by atomic mass is 16.5. The third-order valence-electron chi connectivity index (χ3n) is 5.09. The molecule has 0 aliphatic heterocycles. The Morgan fingerprint density at radius 1 is 0.939 bits per heavy atom. The SMILES string of the molecule is COc1cc(OCc2ccccn2)cc(OC)c1/C=C/c1cc(/C=C/c2cccn2C)[nH]n1. The van der Waals surface area contributed by atoms with Crippen LogP contribution in [0.15, 0.2) is 60.9 Å². The van der Waals surface area contributed by atoms with Crippen LogP contribution in [0.2, 0.25) is 0 Å². The maximum Gasteiger partial charge on any atom is 0.133 e. The molecule has 0 aliphatic carbocycles. The predicted octanol–water partition coefficient (Wildman–Crippen LogP) is 5.08. The van der Waals surface area contributed by atoms with Crippen LogP contribution in [0.3, 0.4) is 0 Å². The van der Waals surface area contributed by atoms with Crippen molar-refractivity contribution < 1.29 is 14.2 Å². The molecule has 0 radical (unpaired) electrons. The molecule has 0 amide bonds. The minimum absolute atomic E-state index is 0.356. The van der Waals surface area contributed by atoms with Crippen molar-refractivity contribution in [2.75, 3.05) is 14.2 Å². The fourth-order valence-electron chi connectivity index (χ4n) is 3.32. The number of ether oxygens (including phenoxy) is 3. The quantitative estimate of drug-likeness (QED) is 0.391. The zero-order valence-electron chi connectivity index (χ0n) is 18.9. The molecule has 4 rings (SSSR count). The predicted molar refractivity (Wildman–Crippen MR) is 130 cm³/mol. The first kappa shape index (κ1) is 22.0. The van der Waals surface area contributed by atoms with E-state index in [1.807, 2.05) is 80.0 Å². The van der Waals surface area contributed by atoms with E-state index in [0.717, 1.165) is 28.3 Å². The molecule has 0 saturated carbocycles. The Hall–Kier alpha value is -4.26. The average molecular weight is 443 g/mol. The molecule has 33 heavy (non-hydrogen) atoms. The van der Waals surface area contributed by atoms with Gasteiger partial charge < -0.3 is 18.8 Å². The molecule has 0 aliphatic rings. The number of pyridine rings is 1. The molecule has 4 aromatic rings.